The van der Waals surface area contributed by atoms with Gasteiger partial charge in [-0.2, -0.15) is 0 Å². The summed E-state index contributed by atoms with van der Waals surface area (Å²) in [4.78, 5) is 47.7. The molecule has 1 unspecified atom stereocenters. The summed E-state index contributed by atoms with van der Waals surface area (Å²) in [6.07, 6.45) is -0.948. The molecule has 0 aliphatic carbocycles. The molecule has 0 radical (unpaired) electrons. The first kappa shape index (κ1) is 27.4. The second-order valence-electron chi connectivity index (χ2n) is 9.41. The number of carbonyl (C=O) groups is 3. The molecule has 0 spiro atoms. The number of hydrogen-bond donors (Lipinski definition) is 0. The van der Waals surface area contributed by atoms with Gasteiger partial charge in [0, 0.05) is 25.3 Å². The zero-order valence-electron chi connectivity index (χ0n) is 22.6. The smallest absolute Gasteiger partial charge is 0.257 e. The summed E-state index contributed by atoms with van der Waals surface area (Å²) < 4.78 is 17.0. The Labute approximate surface area is 235 Å². The molecule has 1 fully saturated rings. The molecule has 1 aliphatic heterocycles. The summed E-state index contributed by atoms with van der Waals surface area (Å²) in [6.45, 7) is 2.00. The van der Waals surface area contributed by atoms with Crippen LogP contribution in [-0.2, 0) is 19.1 Å². The second-order valence-corrected chi connectivity index (χ2v) is 10.4. The van der Waals surface area contributed by atoms with Crippen molar-refractivity contribution < 1.29 is 28.6 Å². The van der Waals surface area contributed by atoms with E-state index in [9.17, 15) is 14.4 Å². The average molecular weight is 560 g/mol. The lowest BCUT2D eigenvalue weighted by molar-refractivity contribution is -0.128. The van der Waals surface area contributed by atoms with E-state index in [0.29, 0.717) is 17.0 Å². The zero-order chi connectivity index (χ0) is 28.4. The zero-order valence-corrected chi connectivity index (χ0v) is 23.4. The lowest BCUT2D eigenvalue weighted by Crippen LogP contribution is -2.49. The van der Waals surface area contributed by atoms with Crippen LogP contribution in [0.4, 0.5) is 5.69 Å². The highest BCUT2D eigenvalue weighted by atomic mass is 32.1. The van der Waals surface area contributed by atoms with E-state index in [1.807, 2.05) is 31.2 Å². The number of nitrogens with zero attached hydrogens (tertiary/aromatic N) is 3. The molecule has 2 heterocycles. The van der Waals surface area contributed by atoms with E-state index in [1.54, 1.807) is 47.7 Å². The number of fused-ring (bicyclic) bond motifs is 1. The van der Waals surface area contributed by atoms with E-state index in [2.05, 4.69) is 6.07 Å². The van der Waals surface area contributed by atoms with Gasteiger partial charge in [0.25, 0.3) is 11.8 Å². The van der Waals surface area contributed by atoms with Crippen molar-refractivity contribution in [3.8, 4) is 16.3 Å². The standard InChI is InChI=1S/C30H29N3O6S/c1-18-8-13-23-25(14-18)40-28(31-23)19-9-11-21(12-10-19)33-26(34)16-24(30(33)36)32(17-27(38-3)39-4)29(35)20-6-5-7-22(15-20)37-2/h5-15,24,27H,16-17H2,1-4H3. The van der Waals surface area contributed by atoms with Gasteiger partial charge in [-0.25, -0.2) is 9.88 Å². The molecule has 5 rings (SSSR count). The summed E-state index contributed by atoms with van der Waals surface area (Å²) in [5, 5.41) is 0.851. The van der Waals surface area contributed by atoms with Gasteiger partial charge >= 0.3 is 0 Å². The number of amides is 3. The number of thiazole rings is 1. The minimum absolute atomic E-state index is 0.0451. The molecule has 1 aromatic heterocycles. The molecular formula is C30H29N3O6S. The van der Waals surface area contributed by atoms with Crippen molar-refractivity contribution in [1.29, 1.82) is 0 Å². The van der Waals surface area contributed by atoms with E-state index in [0.717, 1.165) is 25.7 Å². The highest BCUT2D eigenvalue weighted by Crippen LogP contribution is 2.33. The molecule has 3 aromatic carbocycles. The van der Waals surface area contributed by atoms with Gasteiger partial charge in [-0.05, 0) is 67.1 Å². The van der Waals surface area contributed by atoms with Crippen molar-refractivity contribution >= 4 is 45.0 Å². The van der Waals surface area contributed by atoms with Crippen molar-refractivity contribution in [3.63, 3.8) is 0 Å². The van der Waals surface area contributed by atoms with Gasteiger partial charge < -0.3 is 19.1 Å². The van der Waals surface area contributed by atoms with E-state index in [-0.39, 0.29) is 13.0 Å². The van der Waals surface area contributed by atoms with Gasteiger partial charge in [0.2, 0.25) is 5.91 Å². The normalized spacial score (nSPS) is 15.3. The summed E-state index contributed by atoms with van der Waals surface area (Å²) in [5.74, 6) is -0.824. The molecule has 10 heteroatoms. The van der Waals surface area contributed by atoms with Gasteiger partial charge in [-0.15, -0.1) is 11.3 Å². The van der Waals surface area contributed by atoms with Gasteiger partial charge in [0.15, 0.2) is 6.29 Å². The second kappa shape index (κ2) is 11.5. The Morgan fingerprint density at radius 2 is 1.80 bits per heavy atom. The number of methoxy groups -OCH3 is 3. The van der Waals surface area contributed by atoms with Crippen LogP contribution in [0.15, 0.2) is 66.7 Å². The van der Waals surface area contributed by atoms with Crippen molar-refractivity contribution in [2.75, 3.05) is 32.8 Å². The number of rotatable bonds is 9. The van der Waals surface area contributed by atoms with Crippen molar-refractivity contribution in [2.24, 2.45) is 0 Å². The number of carbonyl (C=O) groups excluding carboxylic acids is 3. The van der Waals surface area contributed by atoms with Crippen LogP contribution in [0, 0.1) is 6.92 Å². The van der Waals surface area contributed by atoms with Crippen molar-refractivity contribution in [2.45, 2.75) is 25.7 Å². The van der Waals surface area contributed by atoms with Crippen molar-refractivity contribution in [3.05, 3.63) is 77.9 Å². The van der Waals surface area contributed by atoms with Crippen LogP contribution < -0.4 is 9.64 Å². The quantitative estimate of drug-likeness (QED) is 0.217. The molecule has 1 saturated heterocycles. The minimum Gasteiger partial charge on any atom is -0.497 e. The number of aromatic nitrogens is 1. The fourth-order valence-electron chi connectivity index (χ4n) is 4.72. The summed E-state index contributed by atoms with van der Waals surface area (Å²) in [5.41, 5.74) is 3.73. The fraction of sp³-hybridized carbons (Fsp3) is 0.267. The first-order valence-corrected chi connectivity index (χ1v) is 13.5. The highest BCUT2D eigenvalue weighted by molar-refractivity contribution is 7.21. The van der Waals surface area contributed by atoms with E-state index in [1.165, 1.54) is 31.8 Å². The molecule has 0 N–H and O–H groups in total. The monoisotopic (exact) mass is 559 g/mol. The predicted octanol–water partition coefficient (Wildman–Crippen LogP) is 4.67. The Kier molecular flexibility index (Phi) is 7.92. The Bertz CT molecular complexity index is 1560. The molecule has 1 aliphatic rings. The van der Waals surface area contributed by atoms with E-state index < -0.39 is 30.1 Å². The van der Waals surface area contributed by atoms with Gasteiger partial charge in [0.1, 0.15) is 16.8 Å². The molecular weight excluding hydrogens is 530 g/mol. The van der Waals surface area contributed by atoms with Crippen LogP contribution in [-0.4, -0.2) is 67.8 Å². The molecule has 40 heavy (non-hydrogen) atoms. The number of benzene rings is 3. The largest absolute Gasteiger partial charge is 0.497 e. The third-order valence-corrected chi connectivity index (χ3v) is 7.93. The summed E-state index contributed by atoms with van der Waals surface area (Å²) in [6, 6.07) is 18.9. The lowest BCUT2D eigenvalue weighted by Gasteiger charge is -2.30. The fourth-order valence-corrected chi connectivity index (χ4v) is 5.79. The molecule has 9 nitrogen and oxygen atoms in total. The topological polar surface area (TPSA) is 98.3 Å². The minimum atomic E-state index is -1.02. The van der Waals surface area contributed by atoms with E-state index in [4.69, 9.17) is 19.2 Å². The van der Waals surface area contributed by atoms with Crippen molar-refractivity contribution in [1.82, 2.24) is 9.88 Å². The Morgan fingerprint density at radius 1 is 1.05 bits per heavy atom. The Morgan fingerprint density at radius 3 is 2.50 bits per heavy atom. The van der Waals surface area contributed by atoms with Crippen LogP contribution in [0.3, 0.4) is 0 Å². The molecule has 0 saturated carbocycles. The van der Waals surface area contributed by atoms with Gasteiger partial charge in [0.05, 0.1) is 36.0 Å². The highest BCUT2D eigenvalue weighted by Gasteiger charge is 2.45. The van der Waals surface area contributed by atoms with Crippen LogP contribution in [0.1, 0.15) is 22.3 Å². The van der Waals surface area contributed by atoms with Crippen LogP contribution in [0.2, 0.25) is 0 Å². The number of anilines is 1. The maximum absolute atomic E-state index is 13.7. The average Bonchev–Trinajstić information content (AvgIpc) is 3.53. The third kappa shape index (κ3) is 5.33. The first-order chi connectivity index (χ1) is 19.3. The SMILES string of the molecule is COc1cccc(C(=O)N(CC(OC)OC)C2CC(=O)N(c3ccc(-c4nc5ccc(C)cc5s4)cc3)C2=O)c1. The van der Waals surface area contributed by atoms with Crippen LogP contribution in [0.5, 0.6) is 5.75 Å². The van der Waals surface area contributed by atoms with E-state index >= 15 is 0 Å². The number of imide groups is 1. The van der Waals surface area contributed by atoms with Crippen LogP contribution in [0.25, 0.3) is 20.8 Å². The molecule has 4 aromatic rings. The third-order valence-electron chi connectivity index (χ3n) is 6.86. The molecule has 3 amide bonds. The first-order valence-electron chi connectivity index (χ1n) is 12.7. The molecule has 0 bridgehead atoms. The predicted molar refractivity (Wildman–Crippen MR) is 153 cm³/mol. The maximum atomic E-state index is 13.7. The van der Waals surface area contributed by atoms with Gasteiger partial charge in [-0.1, -0.05) is 12.1 Å². The summed E-state index contributed by atoms with van der Waals surface area (Å²) >= 11 is 1.59. The number of aryl methyl sites for hydroxylation is 1. The molecule has 206 valence electrons. The lowest BCUT2D eigenvalue weighted by atomic mass is 10.1. The Balaban J connectivity index is 1.41. The maximum Gasteiger partial charge on any atom is 0.257 e. The Hall–Kier alpha value is -4.12. The molecule has 1 atom stereocenters. The number of hydrogen-bond acceptors (Lipinski definition) is 8. The number of ether oxygens (including phenoxy) is 3. The van der Waals surface area contributed by atoms with Gasteiger partial charge in [-0.3, -0.25) is 14.4 Å². The van der Waals surface area contributed by atoms with Crippen LogP contribution >= 0.6 is 11.3 Å². The summed E-state index contributed by atoms with van der Waals surface area (Å²) in [7, 11) is 4.40.